The molecule has 0 aliphatic rings. The molecular weight excluding hydrogens is 382 g/mol. The third kappa shape index (κ3) is 3.13. The van der Waals surface area contributed by atoms with Gasteiger partial charge in [0.1, 0.15) is 5.82 Å². The van der Waals surface area contributed by atoms with E-state index in [-0.39, 0.29) is 5.56 Å². The van der Waals surface area contributed by atoms with Crippen LogP contribution in [0.15, 0.2) is 83.8 Å². The minimum atomic E-state index is -0.114. The summed E-state index contributed by atoms with van der Waals surface area (Å²) in [6.45, 7) is 0. The topological polar surface area (TPSA) is 50.7 Å². The number of benzene rings is 3. The predicted octanol–water partition coefficient (Wildman–Crippen LogP) is 5.69. The first kappa shape index (κ1) is 17.5. The van der Waals surface area contributed by atoms with Crippen molar-refractivity contribution in [1.29, 1.82) is 0 Å². The third-order valence-electron chi connectivity index (χ3n) is 4.92. The number of aromatic nitrogens is 3. The first-order valence-corrected chi connectivity index (χ1v) is 9.60. The van der Waals surface area contributed by atoms with Crippen LogP contribution in [0.4, 0.5) is 0 Å². The van der Waals surface area contributed by atoms with Crippen molar-refractivity contribution in [2.24, 2.45) is 0 Å². The van der Waals surface area contributed by atoms with Crippen LogP contribution in [0.25, 0.3) is 39.6 Å². The van der Waals surface area contributed by atoms with Gasteiger partial charge < -0.3 is 4.98 Å². The van der Waals surface area contributed by atoms with Crippen LogP contribution in [0, 0.1) is 0 Å². The number of rotatable bonds is 3. The molecule has 1 N–H and O–H groups in total. The first-order chi connectivity index (χ1) is 14.2. The maximum absolute atomic E-state index is 13.3. The zero-order valence-corrected chi connectivity index (χ0v) is 16.1. The molecule has 2 heterocycles. The predicted molar refractivity (Wildman–Crippen MR) is 120 cm³/mol. The third-order valence-corrected chi connectivity index (χ3v) is 5.17. The fraction of sp³-hybridized carbons (Fsp3) is 0. The molecule has 0 aliphatic heterocycles. The standard InChI is InChI=1S/C24H16ClN3O/c25-17-10-12-18(13-11-17)28-23(27-22-8-4-2-6-20(22)24(28)29)14-9-16-15-26-21-7-3-1-5-19(16)21/h1-15,26H. The van der Waals surface area contributed by atoms with Crippen LogP contribution in [0.1, 0.15) is 11.4 Å². The Morgan fingerprint density at radius 3 is 2.41 bits per heavy atom. The summed E-state index contributed by atoms with van der Waals surface area (Å²) in [7, 11) is 0. The summed E-state index contributed by atoms with van der Waals surface area (Å²) in [5.74, 6) is 0.557. The second-order valence-electron chi connectivity index (χ2n) is 6.73. The Labute approximate surface area is 171 Å². The lowest BCUT2D eigenvalue weighted by Crippen LogP contribution is -2.22. The summed E-state index contributed by atoms with van der Waals surface area (Å²) in [6, 6.07) is 22.7. The minimum Gasteiger partial charge on any atom is -0.361 e. The number of fused-ring (bicyclic) bond motifs is 2. The van der Waals surface area contributed by atoms with Gasteiger partial charge in [-0.3, -0.25) is 9.36 Å². The van der Waals surface area contributed by atoms with Crippen molar-refractivity contribution in [2.45, 2.75) is 0 Å². The van der Waals surface area contributed by atoms with Gasteiger partial charge >= 0.3 is 0 Å². The highest BCUT2D eigenvalue weighted by molar-refractivity contribution is 6.30. The van der Waals surface area contributed by atoms with Crippen LogP contribution >= 0.6 is 11.6 Å². The van der Waals surface area contributed by atoms with Gasteiger partial charge in [0.15, 0.2) is 0 Å². The molecule has 0 radical (unpaired) electrons. The maximum Gasteiger partial charge on any atom is 0.266 e. The van der Waals surface area contributed by atoms with Gasteiger partial charge in [-0.2, -0.15) is 0 Å². The number of para-hydroxylation sites is 2. The van der Waals surface area contributed by atoms with Crippen molar-refractivity contribution >= 4 is 45.6 Å². The van der Waals surface area contributed by atoms with Gasteiger partial charge in [0.05, 0.1) is 16.6 Å². The molecule has 5 rings (SSSR count). The van der Waals surface area contributed by atoms with Crippen molar-refractivity contribution in [3.8, 4) is 5.69 Å². The van der Waals surface area contributed by atoms with Crippen molar-refractivity contribution in [1.82, 2.24) is 14.5 Å². The van der Waals surface area contributed by atoms with E-state index in [4.69, 9.17) is 16.6 Å². The summed E-state index contributed by atoms with van der Waals surface area (Å²) < 4.78 is 1.62. The minimum absolute atomic E-state index is 0.114. The van der Waals surface area contributed by atoms with E-state index < -0.39 is 0 Å². The van der Waals surface area contributed by atoms with Crippen LogP contribution < -0.4 is 5.56 Å². The molecule has 2 aromatic heterocycles. The van der Waals surface area contributed by atoms with Gasteiger partial charge in [0, 0.05) is 22.1 Å². The molecule has 0 unspecified atom stereocenters. The molecule has 4 nitrogen and oxygen atoms in total. The molecule has 0 amide bonds. The number of aromatic amines is 1. The van der Waals surface area contributed by atoms with Gasteiger partial charge in [-0.15, -0.1) is 0 Å². The van der Waals surface area contributed by atoms with E-state index in [9.17, 15) is 4.79 Å². The molecule has 0 saturated heterocycles. The van der Waals surface area contributed by atoms with Crippen LogP contribution in [-0.4, -0.2) is 14.5 Å². The first-order valence-electron chi connectivity index (χ1n) is 9.23. The molecule has 0 fully saturated rings. The van der Waals surface area contributed by atoms with Gasteiger partial charge in [-0.05, 0) is 60.2 Å². The van der Waals surface area contributed by atoms with Crippen molar-refractivity contribution in [3.63, 3.8) is 0 Å². The Balaban J connectivity index is 1.72. The van der Waals surface area contributed by atoms with Crippen LogP contribution in [-0.2, 0) is 0 Å². The Bertz CT molecular complexity index is 1430. The zero-order chi connectivity index (χ0) is 19.8. The molecule has 29 heavy (non-hydrogen) atoms. The van der Waals surface area contributed by atoms with E-state index in [2.05, 4.69) is 11.1 Å². The van der Waals surface area contributed by atoms with E-state index >= 15 is 0 Å². The number of hydrogen-bond acceptors (Lipinski definition) is 2. The Morgan fingerprint density at radius 2 is 1.59 bits per heavy atom. The summed E-state index contributed by atoms with van der Waals surface area (Å²) in [4.78, 5) is 21.3. The number of hydrogen-bond donors (Lipinski definition) is 1. The number of nitrogens with one attached hydrogen (secondary N) is 1. The molecule has 3 aromatic carbocycles. The summed E-state index contributed by atoms with van der Waals surface area (Å²) in [5, 5.41) is 2.31. The highest BCUT2D eigenvalue weighted by Gasteiger charge is 2.11. The van der Waals surface area contributed by atoms with Gasteiger partial charge in [0.2, 0.25) is 0 Å². The second-order valence-corrected chi connectivity index (χ2v) is 7.16. The van der Waals surface area contributed by atoms with Crippen molar-refractivity contribution < 1.29 is 0 Å². The van der Waals surface area contributed by atoms with Crippen LogP contribution in [0.2, 0.25) is 5.02 Å². The molecule has 140 valence electrons. The summed E-state index contributed by atoms with van der Waals surface area (Å²) in [5.41, 5.74) is 3.37. The van der Waals surface area contributed by atoms with E-state index in [1.807, 2.05) is 66.9 Å². The molecule has 0 spiro atoms. The van der Waals surface area contributed by atoms with E-state index in [0.29, 0.717) is 21.7 Å². The molecular formula is C24H16ClN3O. The number of H-pyrrole nitrogens is 1. The lowest BCUT2D eigenvalue weighted by molar-refractivity contribution is 0.944. The van der Waals surface area contributed by atoms with Gasteiger partial charge in [-0.25, -0.2) is 4.98 Å². The molecule has 0 aliphatic carbocycles. The second kappa shape index (κ2) is 7.08. The maximum atomic E-state index is 13.3. The normalized spacial score (nSPS) is 11.6. The average Bonchev–Trinajstić information content (AvgIpc) is 3.16. The molecule has 0 bridgehead atoms. The number of nitrogens with zero attached hydrogens (tertiary/aromatic N) is 2. The van der Waals surface area contributed by atoms with Gasteiger partial charge in [0.25, 0.3) is 5.56 Å². The number of halogens is 1. The smallest absolute Gasteiger partial charge is 0.266 e. The highest BCUT2D eigenvalue weighted by atomic mass is 35.5. The van der Waals surface area contributed by atoms with E-state index in [1.54, 1.807) is 22.8 Å². The summed E-state index contributed by atoms with van der Waals surface area (Å²) >= 11 is 6.04. The van der Waals surface area contributed by atoms with Crippen LogP contribution in [0.5, 0.6) is 0 Å². The SMILES string of the molecule is O=c1c2ccccc2nc(C=Cc2c[nH]c3ccccc23)n1-c1ccc(Cl)cc1. The quantitative estimate of drug-likeness (QED) is 0.425. The van der Waals surface area contributed by atoms with Crippen molar-refractivity contribution in [2.75, 3.05) is 0 Å². The lowest BCUT2D eigenvalue weighted by atomic mass is 10.1. The highest BCUT2D eigenvalue weighted by Crippen LogP contribution is 2.21. The summed E-state index contributed by atoms with van der Waals surface area (Å²) in [6.07, 6.45) is 5.80. The largest absolute Gasteiger partial charge is 0.361 e. The van der Waals surface area contributed by atoms with Crippen LogP contribution in [0.3, 0.4) is 0 Å². The van der Waals surface area contributed by atoms with Crippen molar-refractivity contribution in [3.05, 3.63) is 106 Å². The van der Waals surface area contributed by atoms with E-state index in [0.717, 1.165) is 22.2 Å². The monoisotopic (exact) mass is 397 g/mol. The molecule has 0 saturated carbocycles. The average molecular weight is 398 g/mol. The lowest BCUT2D eigenvalue weighted by Gasteiger charge is -2.11. The Kier molecular flexibility index (Phi) is 4.26. The Morgan fingerprint density at radius 1 is 0.862 bits per heavy atom. The zero-order valence-electron chi connectivity index (χ0n) is 15.3. The fourth-order valence-electron chi connectivity index (χ4n) is 3.50. The molecule has 5 aromatic rings. The molecule has 5 heteroatoms. The van der Waals surface area contributed by atoms with Gasteiger partial charge in [-0.1, -0.05) is 41.9 Å². The molecule has 0 atom stereocenters. The van der Waals surface area contributed by atoms with E-state index in [1.165, 1.54) is 0 Å². The Hall–Kier alpha value is -3.63. The fourth-order valence-corrected chi connectivity index (χ4v) is 3.62.